The third-order valence-corrected chi connectivity index (χ3v) is 3.22. The molecule has 0 unspecified atom stereocenters. The van der Waals surface area contributed by atoms with Crippen LogP contribution < -0.4 is 19.5 Å². The molecule has 0 aliphatic heterocycles. The minimum atomic E-state index is 0.557. The maximum absolute atomic E-state index is 8.92. The Labute approximate surface area is 130 Å². The first-order valence-corrected chi connectivity index (χ1v) is 6.74. The van der Waals surface area contributed by atoms with Crippen molar-refractivity contribution < 1.29 is 14.2 Å². The first-order valence-electron chi connectivity index (χ1n) is 6.74. The average molecular weight is 298 g/mol. The monoisotopic (exact) mass is 298 g/mol. The molecule has 0 amide bonds. The summed E-state index contributed by atoms with van der Waals surface area (Å²) in [5.74, 6) is 1.74. The third-order valence-electron chi connectivity index (χ3n) is 3.22. The molecule has 2 aromatic carbocycles. The minimum Gasteiger partial charge on any atom is -0.493 e. The molecule has 114 valence electrons. The van der Waals surface area contributed by atoms with Crippen LogP contribution in [0.25, 0.3) is 0 Å². The Hall–Kier alpha value is -2.87. The molecule has 5 nitrogen and oxygen atoms in total. The standard InChI is InChI=1S/C17H18N2O3/c1-20-15-8-14(9-16(21-2)17(15)22-3)19-11-13-6-4-5-12(7-13)10-18/h4-9,19H,11H2,1-3H3. The van der Waals surface area contributed by atoms with Crippen molar-refractivity contribution in [2.75, 3.05) is 26.6 Å². The van der Waals surface area contributed by atoms with Crippen LogP contribution in [-0.4, -0.2) is 21.3 Å². The van der Waals surface area contributed by atoms with Gasteiger partial charge in [0.2, 0.25) is 5.75 Å². The van der Waals surface area contributed by atoms with E-state index in [1.54, 1.807) is 27.4 Å². The van der Waals surface area contributed by atoms with Crippen LogP contribution in [0.1, 0.15) is 11.1 Å². The number of nitriles is 1. The van der Waals surface area contributed by atoms with Crippen LogP contribution in [-0.2, 0) is 6.54 Å². The topological polar surface area (TPSA) is 63.5 Å². The number of methoxy groups -OCH3 is 3. The van der Waals surface area contributed by atoms with Crippen LogP contribution in [0.5, 0.6) is 17.2 Å². The van der Waals surface area contributed by atoms with E-state index < -0.39 is 0 Å². The van der Waals surface area contributed by atoms with Crippen molar-refractivity contribution in [2.45, 2.75) is 6.54 Å². The molecule has 0 fully saturated rings. The lowest BCUT2D eigenvalue weighted by atomic mass is 10.1. The Balaban J connectivity index is 2.20. The second-order valence-corrected chi connectivity index (χ2v) is 4.58. The normalized spacial score (nSPS) is 9.73. The van der Waals surface area contributed by atoms with Gasteiger partial charge in [0.15, 0.2) is 11.5 Å². The molecule has 0 saturated heterocycles. The van der Waals surface area contributed by atoms with Gasteiger partial charge in [0.05, 0.1) is 33.0 Å². The fourth-order valence-electron chi connectivity index (χ4n) is 2.14. The van der Waals surface area contributed by atoms with Gasteiger partial charge in [-0.05, 0) is 17.7 Å². The molecule has 0 radical (unpaired) electrons. The largest absolute Gasteiger partial charge is 0.493 e. The van der Waals surface area contributed by atoms with E-state index in [0.29, 0.717) is 29.4 Å². The highest BCUT2D eigenvalue weighted by Gasteiger charge is 2.12. The number of rotatable bonds is 6. The number of benzene rings is 2. The summed E-state index contributed by atoms with van der Waals surface area (Å²) in [5.41, 5.74) is 2.51. The zero-order valence-corrected chi connectivity index (χ0v) is 12.8. The maximum Gasteiger partial charge on any atom is 0.203 e. The number of hydrogen-bond acceptors (Lipinski definition) is 5. The van der Waals surface area contributed by atoms with Crippen molar-refractivity contribution >= 4 is 5.69 Å². The fraction of sp³-hybridized carbons (Fsp3) is 0.235. The lowest BCUT2D eigenvalue weighted by Crippen LogP contribution is -2.02. The molecule has 0 saturated carbocycles. The van der Waals surface area contributed by atoms with Gasteiger partial charge in [-0.1, -0.05) is 12.1 Å². The van der Waals surface area contributed by atoms with E-state index in [0.717, 1.165) is 11.3 Å². The SMILES string of the molecule is COc1cc(NCc2cccc(C#N)c2)cc(OC)c1OC. The van der Waals surface area contributed by atoms with Crippen LogP contribution in [0, 0.1) is 11.3 Å². The molecule has 22 heavy (non-hydrogen) atoms. The quantitative estimate of drug-likeness (QED) is 0.887. The number of nitrogens with one attached hydrogen (secondary N) is 1. The Morgan fingerprint density at radius 3 is 2.23 bits per heavy atom. The molecule has 0 aliphatic carbocycles. The molecule has 0 atom stereocenters. The lowest BCUT2D eigenvalue weighted by molar-refractivity contribution is 0.324. The maximum atomic E-state index is 8.92. The Kier molecular flexibility index (Phi) is 5.10. The number of hydrogen-bond donors (Lipinski definition) is 1. The van der Waals surface area contributed by atoms with E-state index >= 15 is 0 Å². The van der Waals surface area contributed by atoms with Gasteiger partial charge >= 0.3 is 0 Å². The smallest absolute Gasteiger partial charge is 0.203 e. The first kappa shape index (κ1) is 15.5. The predicted octanol–water partition coefficient (Wildman–Crippen LogP) is 3.20. The molecule has 5 heteroatoms. The third kappa shape index (κ3) is 3.41. The van der Waals surface area contributed by atoms with E-state index in [9.17, 15) is 0 Å². The highest BCUT2D eigenvalue weighted by molar-refractivity contribution is 5.62. The van der Waals surface area contributed by atoms with E-state index in [4.69, 9.17) is 19.5 Å². The van der Waals surface area contributed by atoms with Crippen LogP contribution in [0.15, 0.2) is 36.4 Å². The van der Waals surface area contributed by atoms with Crippen molar-refractivity contribution in [1.29, 1.82) is 5.26 Å². The minimum absolute atomic E-state index is 0.557. The summed E-state index contributed by atoms with van der Waals surface area (Å²) in [6, 6.07) is 13.3. The molecule has 2 aromatic rings. The Bertz CT molecular complexity index is 668. The second kappa shape index (κ2) is 7.23. The van der Waals surface area contributed by atoms with Crippen LogP contribution >= 0.6 is 0 Å². The van der Waals surface area contributed by atoms with E-state index in [-0.39, 0.29) is 0 Å². The highest BCUT2D eigenvalue weighted by Crippen LogP contribution is 2.39. The lowest BCUT2D eigenvalue weighted by Gasteiger charge is -2.15. The zero-order valence-electron chi connectivity index (χ0n) is 12.8. The fourth-order valence-corrected chi connectivity index (χ4v) is 2.14. The second-order valence-electron chi connectivity index (χ2n) is 4.58. The molecule has 0 heterocycles. The van der Waals surface area contributed by atoms with Crippen molar-refractivity contribution in [1.82, 2.24) is 0 Å². The van der Waals surface area contributed by atoms with Crippen LogP contribution in [0.4, 0.5) is 5.69 Å². The summed E-state index contributed by atoms with van der Waals surface area (Å²) in [5, 5.41) is 12.2. The van der Waals surface area contributed by atoms with Gasteiger partial charge in [0.1, 0.15) is 0 Å². The van der Waals surface area contributed by atoms with Crippen molar-refractivity contribution in [3.63, 3.8) is 0 Å². The predicted molar refractivity (Wildman–Crippen MR) is 84.6 cm³/mol. The summed E-state index contributed by atoms with van der Waals surface area (Å²) in [7, 11) is 4.73. The first-order chi connectivity index (χ1) is 10.7. The summed E-state index contributed by atoms with van der Waals surface area (Å²) in [6.07, 6.45) is 0. The van der Waals surface area contributed by atoms with Crippen molar-refractivity contribution in [3.05, 3.63) is 47.5 Å². The Morgan fingerprint density at radius 2 is 1.68 bits per heavy atom. The molecular weight excluding hydrogens is 280 g/mol. The summed E-state index contributed by atoms with van der Waals surface area (Å²) in [4.78, 5) is 0. The molecule has 2 rings (SSSR count). The molecule has 1 N–H and O–H groups in total. The summed E-state index contributed by atoms with van der Waals surface area (Å²) in [6.45, 7) is 0.591. The van der Waals surface area contributed by atoms with Gasteiger partial charge < -0.3 is 19.5 Å². The van der Waals surface area contributed by atoms with Gasteiger partial charge in [0, 0.05) is 24.4 Å². The van der Waals surface area contributed by atoms with Gasteiger partial charge in [-0.2, -0.15) is 5.26 Å². The zero-order chi connectivity index (χ0) is 15.9. The van der Waals surface area contributed by atoms with E-state index in [1.807, 2.05) is 30.3 Å². The molecule has 0 aromatic heterocycles. The van der Waals surface area contributed by atoms with Gasteiger partial charge in [-0.15, -0.1) is 0 Å². The van der Waals surface area contributed by atoms with E-state index in [2.05, 4.69) is 11.4 Å². The number of nitrogens with zero attached hydrogens (tertiary/aromatic N) is 1. The molecule has 0 spiro atoms. The van der Waals surface area contributed by atoms with Gasteiger partial charge in [-0.3, -0.25) is 0 Å². The highest BCUT2D eigenvalue weighted by atomic mass is 16.5. The number of ether oxygens (including phenoxy) is 3. The van der Waals surface area contributed by atoms with Gasteiger partial charge in [-0.25, -0.2) is 0 Å². The number of anilines is 1. The summed E-state index contributed by atoms with van der Waals surface area (Å²) >= 11 is 0. The van der Waals surface area contributed by atoms with E-state index in [1.165, 1.54) is 0 Å². The summed E-state index contributed by atoms with van der Waals surface area (Å²) < 4.78 is 15.9. The van der Waals surface area contributed by atoms with Crippen LogP contribution in [0.3, 0.4) is 0 Å². The van der Waals surface area contributed by atoms with Crippen LogP contribution in [0.2, 0.25) is 0 Å². The molecule has 0 bridgehead atoms. The van der Waals surface area contributed by atoms with Gasteiger partial charge in [0.25, 0.3) is 0 Å². The van der Waals surface area contributed by atoms with Crippen molar-refractivity contribution in [2.24, 2.45) is 0 Å². The molecule has 0 aliphatic rings. The Morgan fingerprint density at radius 1 is 1.00 bits per heavy atom. The molecular formula is C17H18N2O3. The van der Waals surface area contributed by atoms with Crippen molar-refractivity contribution in [3.8, 4) is 23.3 Å². The average Bonchev–Trinajstić information content (AvgIpc) is 2.58.